The molecule has 1 aliphatic rings. The van der Waals surface area contributed by atoms with Crippen molar-refractivity contribution in [1.82, 2.24) is 9.78 Å². The number of hydrogen-bond acceptors (Lipinski definition) is 5. The van der Waals surface area contributed by atoms with Gasteiger partial charge in [-0.1, -0.05) is 29.8 Å². The van der Waals surface area contributed by atoms with Crippen molar-refractivity contribution < 1.29 is 17.9 Å². The molecule has 1 aliphatic heterocycles. The molecule has 8 nitrogen and oxygen atoms in total. The number of benzene rings is 2. The van der Waals surface area contributed by atoms with Crippen molar-refractivity contribution in [3.05, 3.63) is 53.2 Å². The summed E-state index contributed by atoms with van der Waals surface area (Å²) in [4.78, 5) is 12.4. The second-order valence-electron chi connectivity index (χ2n) is 7.68. The van der Waals surface area contributed by atoms with E-state index in [0.717, 1.165) is 26.1 Å². The first-order valence-electron chi connectivity index (χ1n) is 9.94. The van der Waals surface area contributed by atoms with Crippen molar-refractivity contribution in [2.45, 2.75) is 30.7 Å². The lowest BCUT2D eigenvalue weighted by atomic mass is 10.0. The Hall–Kier alpha value is -2.46. The predicted molar refractivity (Wildman–Crippen MR) is 118 cm³/mol. The molecule has 1 aromatic heterocycles. The molecule has 0 saturated carbocycles. The number of fused-ring (bicyclic) bond motifs is 1. The standard InChI is InChI=1S/C21H23ClN4O4S/c22-18-4-2-1-3-15(18)9-21(27)24-16-10-19-17(20(11-16)31(23,28)29)13-26(25-19)12-14-5-7-30-8-6-14/h1-4,10-11,13-14H,5-9,12H2,(H,24,27)(H2,23,28,29). The number of halogens is 1. The number of nitrogens with zero attached hydrogens (tertiary/aromatic N) is 2. The first kappa shape index (κ1) is 21.8. The number of nitrogens with one attached hydrogen (secondary N) is 1. The maximum Gasteiger partial charge on any atom is 0.238 e. The highest BCUT2D eigenvalue weighted by Gasteiger charge is 2.20. The summed E-state index contributed by atoms with van der Waals surface area (Å²) in [6.07, 6.45) is 3.61. The summed E-state index contributed by atoms with van der Waals surface area (Å²) in [5, 5.41) is 13.6. The molecule has 3 N–H and O–H groups in total. The van der Waals surface area contributed by atoms with Gasteiger partial charge in [0.15, 0.2) is 0 Å². The molecule has 2 aromatic carbocycles. The largest absolute Gasteiger partial charge is 0.381 e. The summed E-state index contributed by atoms with van der Waals surface area (Å²) in [6.45, 7) is 2.10. The SMILES string of the molecule is NS(=O)(=O)c1cc(NC(=O)Cc2ccccc2Cl)cc2nn(CC3CCOCC3)cc12. The minimum absolute atomic E-state index is 0.0562. The van der Waals surface area contributed by atoms with Gasteiger partial charge in [-0.2, -0.15) is 5.10 Å². The maximum atomic E-state index is 12.5. The molecule has 0 radical (unpaired) electrons. The Kier molecular flexibility index (Phi) is 6.29. The summed E-state index contributed by atoms with van der Waals surface area (Å²) >= 11 is 6.12. The number of hydrogen-bond donors (Lipinski definition) is 2. The third-order valence-electron chi connectivity index (χ3n) is 5.32. The number of nitrogens with two attached hydrogens (primary N) is 1. The van der Waals surface area contributed by atoms with Crippen LogP contribution in [0.2, 0.25) is 5.02 Å². The van der Waals surface area contributed by atoms with Gasteiger partial charge in [-0.15, -0.1) is 0 Å². The van der Waals surface area contributed by atoms with Crippen LogP contribution >= 0.6 is 11.6 Å². The highest BCUT2D eigenvalue weighted by Crippen LogP contribution is 2.28. The summed E-state index contributed by atoms with van der Waals surface area (Å²) in [5.41, 5.74) is 1.44. The van der Waals surface area contributed by atoms with Gasteiger partial charge >= 0.3 is 0 Å². The van der Waals surface area contributed by atoms with Crippen LogP contribution in [0, 0.1) is 5.92 Å². The van der Waals surface area contributed by atoms with Crippen LogP contribution in [0.4, 0.5) is 5.69 Å². The number of anilines is 1. The van der Waals surface area contributed by atoms with E-state index in [9.17, 15) is 13.2 Å². The Labute approximate surface area is 185 Å². The number of sulfonamides is 1. The smallest absolute Gasteiger partial charge is 0.238 e. The summed E-state index contributed by atoms with van der Waals surface area (Å²) < 4.78 is 31.6. The van der Waals surface area contributed by atoms with Crippen LogP contribution in [-0.2, 0) is 32.5 Å². The van der Waals surface area contributed by atoms with Gasteiger partial charge in [0.05, 0.1) is 16.8 Å². The van der Waals surface area contributed by atoms with Crippen LogP contribution in [0.25, 0.3) is 10.9 Å². The van der Waals surface area contributed by atoms with Crippen molar-refractivity contribution in [2.75, 3.05) is 18.5 Å². The lowest BCUT2D eigenvalue weighted by Gasteiger charge is -2.21. The van der Waals surface area contributed by atoms with Gasteiger partial charge < -0.3 is 10.1 Å². The second kappa shape index (κ2) is 8.96. The van der Waals surface area contributed by atoms with Crippen molar-refractivity contribution in [3.8, 4) is 0 Å². The van der Waals surface area contributed by atoms with E-state index in [4.69, 9.17) is 21.5 Å². The van der Waals surface area contributed by atoms with Crippen molar-refractivity contribution >= 4 is 44.1 Å². The predicted octanol–water partition coefficient (Wildman–Crippen LogP) is 2.94. The topological polar surface area (TPSA) is 116 Å². The van der Waals surface area contributed by atoms with E-state index in [1.807, 2.05) is 0 Å². The second-order valence-corrected chi connectivity index (χ2v) is 9.61. The normalized spacial score (nSPS) is 15.3. The third kappa shape index (κ3) is 5.24. The maximum absolute atomic E-state index is 12.5. The van der Waals surface area contributed by atoms with E-state index in [2.05, 4.69) is 10.4 Å². The average Bonchev–Trinajstić information content (AvgIpc) is 3.11. The Balaban J connectivity index is 1.61. The lowest BCUT2D eigenvalue weighted by Crippen LogP contribution is -2.20. The molecule has 1 saturated heterocycles. The van der Waals surface area contributed by atoms with Crippen LogP contribution < -0.4 is 10.5 Å². The zero-order chi connectivity index (χ0) is 22.0. The molecule has 0 spiro atoms. The fourth-order valence-electron chi connectivity index (χ4n) is 3.76. The highest BCUT2D eigenvalue weighted by atomic mass is 35.5. The molecule has 0 bridgehead atoms. The van der Waals surface area contributed by atoms with Gasteiger partial charge in [0.1, 0.15) is 0 Å². The van der Waals surface area contributed by atoms with E-state index in [0.29, 0.717) is 39.6 Å². The number of primary sulfonamides is 1. The van der Waals surface area contributed by atoms with Gasteiger partial charge in [-0.3, -0.25) is 9.48 Å². The number of carbonyl (C=O) groups excluding carboxylic acids is 1. The number of aromatic nitrogens is 2. The Bertz CT molecular complexity index is 1220. The van der Waals surface area contributed by atoms with Gasteiger partial charge in [-0.25, -0.2) is 13.6 Å². The van der Waals surface area contributed by atoms with E-state index < -0.39 is 10.0 Å². The van der Waals surface area contributed by atoms with Crippen LogP contribution in [0.1, 0.15) is 18.4 Å². The molecular weight excluding hydrogens is 440 g/mol. The van der Waals surface area contributed by atoms with E-state index in [1.165, 1.54) is 6.07 Å². The summed E-state index contributed by atoms with van der Waals surface area (Å²) in [6, 6.07) is 10.1. The molecule has 164 valence electrons. The van der Waals surface area contributed by atoms with Gasteiger partial charge in [0.25, 0.3) is 0 Å². The third-order valence-corrected chi connectivity index (χ3v) is 6.64. The van der Waals surface area contributed by atoms with Crippen LogP contribution in [0.5, 0.6) is 0 Å². The fourth-order valence-corrected chi connectivity index (χ4v) is 4.71. The molecule has 31 heavy (non-hydrogen) atoms. The van der Waals surface area contributed by atoms with E-state index in [-0.39, 0.29) is 17.2 Å². The minimum atomic E-state index is -4.02. The first-order chi connectivity index (χ1) is 14.8. The molecule has 1 amide bonds. The van der Waals surface area contributed by atoms with Crippen LogP contribution in [0.3, 0.4) is 0 Å². The Morgan fingerprint density at radius 3 is 2.71 bits per heavy atom. The quantitative estimate of drug-likeness (QED) is 0.584. The van der Waals surface area contributed by atoms with Gasteiger partial charge in [-0.05, 0) is 42.5 Å². The highest BCUT2D eigenvalue weighted by molar-refractivity contribution is 7.89. The van der Waals surface area contributed by atoms with Crippen LogP contribution in [-0.4, -0.2) is 37.3 Å². The van der Waals surface area contributed by atoms with Gasteiger partial charge in [0.2, 0.25) is 15.9 Å². The molecule has 0 unspecified atom stereocenters. The first-order valence-corrected chi connectivity index (χ1v) is 11.9. The molecule has 1 fully saturated rings. The number of rotatable bonds is 6. The molecular formula is C21H23ClN4O4S. The van der Waals surface area contributed by atoms with Crippen molar-refractivity contribution in [3.63, 3.8) is 0 Å². The van der Waals surface area contributed by atoms with Crippen LogP contribution in [0.15, 0.2) is 47.5 Å². The molecule has 0 aliphatic carbocycles. The molecule has 4 rings (SSSR count). The number of carbonyl (C=O) groups is 1. The van der Waals surface area contributed by atoms with E-state index in [1.54, 1.807) is 41.2 Å². The van der Waals surface area contributed by atoms with Gasteiger partial charge in [0, 0.05) is 42.1 Å². The zero-order valence-corrected chi connectivity index (χ0v) is 18.3. The lowest BCUT2D eigenvalue weighted by molar-refractivity contribution is -0.115. The monoisotopic (exact) mass is 462 g/mol. The summed E-state index contributed by atoms with van der Waals surface area (Å²) in [7, 11) is -4.02. The van der Waals surface area contributed by atoms with Crippen molar-refractivity contribution in [2.24, 2.45) is 11.1 Å². The average molecular weight is 463 g/mol. The number of ether oxygens (including phenoxy) is 1. The summed E-state index contributed by atoms with van der Waals surface area (Å²) in [5.74, 6) is 0.0882. The number of amides is 1. The molecule has 0 atom stereocenters. The van der Waals surface area contributed by atoms with E-state index >= 15 is 0 Å². The molecule has 10 heteroatoms. The molecule has 2 heterocycles. The minimum Gasteiger partial charge on any atom is -0.381 e. The molecule has 3 aromatic rings. The Morgan fingerprint density at radius 1 is 1.26 bits per heavy atom. The zero-order valence-electron chi connectivity index (χ0n) is 16.8. The Morgan fingerprint density at radius 2 is 2.00 bits per heavy atom. The fraction of sp³-hybridized carbons (Fsp3) is 0.333. The van der Waals surface area contributed by atoms with Crippen molar-refractivity contribution in [1.29, 1.82) is 0 Å².